The number of carboxylic acid groups (broad SMARTS) is 1. The number of nitrogens with two attached hydrogens (primary N) is 2. The molecular formula is C16H23N5O3. The molecular weight excluding hydrogens is 310 g/mol. The zero-order chi connectivity index (χ0) is 17.3. The topological polar surface area (TPSA) is 135 Å². The fourth-order valence-electron chi connectivity index (χ4n) is 4.17. The SMILES string of the molecule is NC(=O)c1ccc(N)nc1N1CCC2(CCCC2NC(=O)O)CC1. The van der Waals surface area contributed by atoms with Gasteiger partial charge >= 0.3 is 6.09 Å². The Morgan fingerprint density at radius 2 is 2.00 bits per heavy atom. The smallest absolute Gasteiger partial charge is 0.404 e. The predicted octanol–water partition coefficient (Wildman–Crippen LogP) is 1.17. The lowest BCUT2D eigenvalue weighted by molar-refractivity contribution is 0.0999. The highest BCUT2D eigenvalue weighted by Crippen LogP contribution is 2.47. The highest BCUT2D eigenvalue weighted by molar-refractivity contribution is 5.98. The van der Waals surface area contributed by atoms with Crippen LogP contribution in [0.3, 0.4) is 0 Å². The molecule has 6 N–H and O–H groups in total. The van der Waals surface area contributed by atoms with E-state index in [4.69, 9.17) is 16.6 Å². The van der Waals surface area contributed by atoms with Crippen molar-refractivity contribution in [3.8, 4) is 0 Å². The molecule has 1 aromatic rings. The number of hydrogen-bond acceptors (Lipinski definition) is 5. The third-order valence-electron chi connectivity index (χ3n) is 5.43. The number of anilines is 2. The summed E-state index contributed by atoms with van der Waals surface area (Å²) in [6.45, 7) is 1.41. The minimum absolute atomic E-state index is 0.00145. The van der Waals surface area contributed by atoms with Crippen molar-refractivity contribution < 1.29 is 14.7 Å². The Balaban J connectivity index is 1.77. The molecule has 1 atom stereocenters. The lowest BCUT2D eigenvalue weighted by Gasteiger charge is -2.43. The van der Waals surface area contributed by atoms with Crippen LogP contribution in [0.25, 0.3) is 0 Å². The first-order valence-corrected chi connectivity index (χ1v) is 8.22. The number of amides is 2. The summed E-state index contributed by atoms with van der Waals surface area (Å²) in [5.41, 5.74) is 11.6. The Kier molecular flexibility index (Phi) is 4.21. The van der Waals surface area contributed by atoms with E-state index in [9.17, 15) is 9.59 Å². The van der Waals surface area contributed by atoms with Gasteiger partial charge in [-0.2, -0.15) is 0 Å². The van der Waals surface area contributed by atoms with E-state index in [-0.39, 0.29) is 11.5 Å². The van der Waals surface area contributed by atoms with Crippen LogP contribution in [0.15, 0.2) is 12.1 Å². The third kappa shape index (κ3) is 2.95. The molecule has 2 amide bonds. The van der Waals surface area contributed by atoms with Gasteiger partial charge in [0.25, 0.3) is 5.91 Å². The molecule has 8 nitrogen and oxygen atoms in total. The lowest BCUT2D eigenvalue weighted by Crippen LogP contribution is -2.50. The summed E-state index contributed by atoms with van der Waals surface area (Å²) in [5, 5.41) is 11.7. The van der Waals surface area contributed by atoms with Gasteiger partial charge in [-0.05, 0) is 43.2 Å². The van der Waals surface area contributed by atoms with Crippen molar-refractivity contribution in [3.63, 3.8) is 0 Å². The molecule has 8 heteroatoms. The number of nitrogens with zero attached hydrogens (tertiary/aromatic N) is 2. The zero-order valence-corrected chi connectivity index (χ0v) is 13.5. The second-order valence-corrected chi connectivity index (χ2v) is 6.72. The molecule has 1 aliphatic heterocycles. The Hall–Kier alpha value is -2.51. The molecule has 1 aromatic heterocycles. The molecule has 2 aliphatic rings. The quantitative estimate of drug-likeness (QED) is 0.656. The third-order valence-corrected chi connectivity index (χ3v) is 5.43. The van der Waals surface area contributed by atoms with Crippen LogP contribution in [-0.4, -0.2) is 41.2 Å². The second kappa shape index (κ2) is 6.18. The van der Waals surface area contributed by atoms with Gasteiger partial charge in [0, 0.05) is 19.1 Å². The number of pyridine rings is 1. The van der Waals surface area contributed by atoms with Crippen molar-refractivity contribution in [2.24, 2.45) is 11.1 Å². The first-order valence-electron chi connectivity index (χ1n) is 8.22. The maximum absolute atomic E-state index is 11.6. The highest BCUT2D eigenvalue weighted by Gasteiger charge is 2.45. The van der Waals surface area contributed by atoms with E-state index >= 15 is 0 Å². The molecule has 1 saturated carbocycles. The van der Waals surface area contributed by atoms with Gasteiger partial charge in [-0.1, -0.05) is 6.42 Å². The van der Waals surface area contributed by atoms with Crippen LogP contribution in [0.2, 0.25) is 0 Å². The van der Waals surface area contributed by atoms with Crippen LogP contribution in [-0.2, 0) is 0 Å². The molecule has 0 bridgehead atoms. The van der Waals surface area contributed by atoms with Gasteiger partial charge in [0.2, 0.25) is 0 Å². The van der Waals surface area contributed by atoms with Crippen molar-refractivity contribution >= 4 is 23.6 Å². The summed E-state index contributed by atoms with van der Waals surface area (Å²) in [5.74, 6) is 0.351. The van der Waals surface area contributed by atoms with Crippen LogP contribution in [0.4, 0.5) is 16.4 Å². The first kappa shape index (κ1) is 16.4. The Labute approximate surface area is 140 Å². The van der Waals surface area contributed by atoms with E-state index in [2.05, 4.69) is 10.3 Å². The fraction of sp³-hybridized carbons (Fsp3) is 0.562. The number of aromatic nitrogens is 1. The second-order valence-electron chi connectivity index (χ2n) is 6.72. The zero-order valence-electron chi connectivity index (χ0n) is 13.5. The van der Waals surface area contributed by atoms with Crippen molar-refractivity contribution in [1.29, 1.82) is 0 Å². The van der Waals surface area contributed by atoms with Crippen LogP contribution >= 0.6 is 0 Å². The van der Waals surface area contributed by atoms with Gasteiger partial charge in [-0.15, -0.1) is 0 Å². The van der Waals surface area contributed by atoms with Gasteiger partial charge in [-0.3, -0.25) is 4.79 Å². The highest BCUT2D eigenvalue weighted by atomic mass is 16.4. The van der Waals surface area contributed by atoms with E-state index in [1.165, 1.54) is 0 Å². The van der Waals surface area contributed by atoms with Crippen LogP contribution in [0.1, 0.15) is 42.5 Å². The lowest BCUT2D eigenvalue weighted by atomic mass is 9.74. The minimum Gasteiger partial charge on any atom is -0.465 e. The fourth-order valence-corrected chi connectivity index (χ4v) is 4.17. The Bertz CT molecular complexity index is 655. The van der Waals surface area contributed by atoms with Gasteiger partial charge in [-0.25, -0.2) is 9.78 Å². The van der Waals surface area contributed by atoms with E-state index in [0.29, 0.717) is 30.3 Å². The molecule has 130 valence electrons. The molecule has 0 aromatic carbocycles. The monoisotopic (exact) mass is 333 g/mol. The van der Waals surface area contributed by atoms with Gasteiger partial charge in [0.15, 0.2) is 0 Å². The molecule has 2 heterocycles. The summed E-state index contributed by atoms with van der Waals surface area (Å²) < 4.78 is 0. The Morgan fingerprint density at radius 1 is 1.29 bits per heavy atom. The van der Waals surface area contributed by atoms with Gasteiger partial charge in [0.1, 0.15) is 11.6 Å². The van der Waals surface area contributed by atoms with Crippen LogP contribution in [0.5, 0.6) is 0 Å². The number of hydrogen-bond donors (Lipinski definition) is 4. The number of primary amides is 1. The van der Waals surface area contributed by atoms with Crippen molar-refractivity contribution in [1.82, 2.24) is 10.3 Å². The average Bonchev–Trinajstić information content (AvgIpc) is 2.89. The van der Waals surface area contributed by atoms with E-state index in [1.54, 1.807) is 12.1 Å². The number of nitrogens with one attached hydrogen (secondary N) is 1. The largest absolute Gasteiger partial charge is 0.465 e. The van der Waals surface area contributed by atoms with Gasteiger partial charge < -0.3 is 26.8 Å². The van der Waals surface area contributed by atoms with Gasteiger partial charge in [0.05, 0.1) is 5.56 Å². The normalized spacial score (nSPS) is 22.5. The summed E-state index contributed by atoms with van der Waals surface area (Å²) in [6, 6.07) is 3.18. The standard InChI is InChI=1S/C16H23N5O3/c17-12-4-3-10(13(18)22)14(20-12)21-8-6-16(7-9-21)5-1-2-11(16)19-15(23)24/h3-4,11,19H,1-2,5-9H2,(H2,17,20)(H2,18,22)(H,23,24). The first-order chi connectivity index (χ1) is 11.4. The molecule has 24 heavy (non-hydrogen) atoms. The number of nitrogen functional groups attached to an aromatic ring is 1. The number of piperidine rings is 1. The average molecular weight is 333 g/mol. The van der Waals surface area contributed by atoms with E-state index in [0.717, 1.165) is 32.1 Å². The molecule has 1 saturated heterocycles. The Morgan fingerprint density at radius 3 is 2.62 bits per heavy atom. The maximum atomic E-state index is 11.6. The number of carbonyl (C=O) groups excluding carboxylic acids is 1. The minimum atomic E-state index is -0.961. The maximum Gasteiger partial charge on any atom is 0.404 e. The summed E-state index contributed by atoms with van der Waals surface area (Å²) in [4.78, 5) is 29.0. The molecule has 2 fully saturated rings. The molecule has 1 aliphatic carbocycles. The molecule has 0 radical (unpaired) electrons. The van der Waals surface area contributed by atoms with Crippen LogP contribution in [0, 0.1) is 5.41 Å². The van der Waals surface area contributed by atoms with E-state index < -0.39 is 12.0 Å². The summed E-state index contributed by atoms with van der Waals surface area (Å²) in [7, 11) is 0. The summed E-state index contributed by atoms with van der Waals surface area (Å²) in [6.07, 6.45) is 3.69. The molecule has 3 rings (SSSR count). The van der Waals surface area contributed by atoms with Crippen molar-refractivity contribution in [2.75, 3.05) is 23.7 Å². The molecule has 1 unspecified atom stereocenters. The van der Waals surface area contributed by atoms with E-state index in [1.807, 2.05) is 4.90 Å². The van der Waals surface area contributed by atoms with Crippen LogP contribution < -0.4 is 21.7 Å². The van der Waals surface area contributed by atoms with Crippen molar-refractivity contribution in [2.45, 2.75) is 38.1 Å². The number of carbonyl (C=O) groups is 2. The predicted molar refractivity (Wildman–Crippen MR) is 89.8 cm³/mol. The summed E-state index contributed by atoms with van der Waals surface area (Å²) >= 11 is 0. The molecule has 1 spiro atoms. The number of rotatable bonds is 3. The van der Waals surface area contributed by atoms with Crippen molar-refractivity contribution in [3.05, 3.63) is 17.7 Å².